The van der Waals surface area contributed by atoms with Crippen molar-refractivity contribution in [2.45, 2.75) is 20.5 Å². The van der Waals surface area contributed by atoms with Crippen molar-refractivity contribution in [3.63, 3.8) is 0 Å². The Morgan fingerprint density at radius 2 is 1.88 bits per heavy atom. The zero-order valence-electron chi connectivity index (χ0n) is 14.6. The minimum Gasteiger partial charge on any atom is -0.334 e. The van der Waals surface area contributed by atoms with Gasteiger partial charge in [0.25, 0.3) is 5.56 Å². The fourth-order valence-electron chi connectivity index (χ4n) is 2.91. The number of hydrogen-bond acceptors (Lipinski definition) is 4. The summed E-state index contributed by atoms with van der Waals surface area (Å²) in [5, 5.41) is 0.684. The van der Waals surface area contributed by atoms with Crippen LogP contribution in [0.15, 0.2) is 52.3 Å². The fourth-order valence-corrected chi connectivity index (χ4v) is 4.00. The van der Waals surface area contributed by atoms with Crippen molar-refractivity contribution in [2.24, 2.45) is 4.99 Å². The fraction of sp³-hybridized carbons (Fsp3) is 0.200. The summed E-state index contributed by atoms with van der Waals surface area (Å²) in [4.78, 5) is 20.3. The predicted octanol–water partition coefficient (Wildman–Crippen LogP) is 3.06. The molecule has 26 heavy (non-hydrogen) atoms. The summed E-state index contributed by atoms with van der Waals surface area (Å²) in [6.07, 6.45) is 1.89. The van der Waals surface area contributed by atoms with E-state index in [-0.39, 0.29) is 5.56 Å². The molecule has 0 N–H and O–H groups in total. The molecule has 0 saturated carbocycles. The predicted molar refractivity (Wildman–Crippen MR) is 108 cm³/mol. The normalized spacial score (nSPS) is 14.3. The molecule has 0 amide bonds. The number of nitrogens with zero attached hydrogens (tertiary/aromatic N) is 3. The van der Waals surface area contributed by atoms with Gasteiger partial charge >= 0.3 is 0 Å². The van der Waals surface area contributed by atoms with Crippen LogP contribution in [0.5, 0.6) is 0 Å². The molecule has 0 saturated heterocycles. The van der Waals surface area contributed by atoms with Crippen molar-refractivity contribution in [3.8, 4) is 0 Å². The lowest BCUT2D eigenvalue weighted by Crippen LogP contribution is -2.42. The molecule has 132 valence electrons. The van der Waals surface area contributed by atoms with Gasteiger partial charge in [0, 0.05) is 10.7 Å². The Labute approximate surface area is 160 Å². The van der Waals surface area contributed by atoms with Crippen molar-refractivity contribution in [1.29, 1.82) is 0 Å². The molecular weight excluding hydrogens is 366 g/mol. The van der Waals surface area contributed by atoms with Gasteiger partial charge in [-0.05, 0) is 60.9 Å². The van der Waals surface area contributed by atoms with Crippen LogP contribution in [-0.2, 0) is 6.67 Å². The van der Waals surface area contributed by atoms with E-state index < -0.39 is 0 Å². The molecule has 1 aromatic heterocycles. The van der Waals surface area contributed by atoms with Crippen LogP contribution in [0.4, 0.5) is 5.69 Å². The lowest BCUT2D eigenvalue weighted by atomic mass is 10.1. The number of hydrogen-bond donors (Lipinski definition) is 0. The second-order valence-corrected chi connectivity index (χ2v) is 7.87. The van der Waals surface area contributed by atoms with Crippen LogP contribution < -0.4 is 19.8 Å². The maximum absolute atomic E-state index is 12.8. The maximum Gasteiger partial charge on any atom is 0.271 e. The highest BCUT2D eigenvalue weighted by molar-refractivity contribution is 7.07. The second-order valence-electron chi connectivity index (χ2n) is 6.43. The molecular formula is C20H18ClN3OS. The van der Waals surface area contributed by atoms with Crippen molar-refractivity contribution < 1.29 is 0 Å². The van der Waals surface area contributed by atoms with Crippen molar-refractivity contribution >= 4 is 34.7 Å². The van der Waals surface area contributed by atoms with Gasteiger partial charge in [0.2, 0.25) is 0 Å². The van der Waals surface area contributed by atoms with Gasteiger partial charge in [0.05, 0.1) is 4.53 Å². The minimum absolute atomic E-state index is 0.00256. The summed E-state index contributed by atoms with van der Waals surface area (Å²) in [5.41, 5.74) is 4.54. The van der Waals surface area contributed by atoms with Gasteiger partial charge in [-0.1, -0.05) is 41.1 Å². The highest BCUT2D eigenvalue weighted by atomic mass is 35.5. The summed E-state index contributed by atoms with van der Waals surface area (Å²) >= 11 is 7.36. The Morgan fingerprint density at radius 1 is 1.12 bits per heavy atom. The number of benzene rings is 2. The Bertz CT molecular complexity index is 1150. The van der Waals surface area contributed by atoms with Crippen molar-refractivity contribution in [2.75, 3.05) is 11.6 Å². The molecule has 6 heteroatoms. The Kier molecular flexibility index (Phi) is 4.42. The van der Waals surface area contributed by atoms with E-state index in [1.54, 1.807) is 4.57 Å². The Hall–Kier alpha value is -2.37. The van der Waals surface area contributed by atoms with Crippen molar-refractivity contribution in [1.82, 2.24) is 4.57 Å². The third-order valence-corrected chi connectivity index (χ3v) is 5.90. The summed E-state index contributed by atoms with van der Waals surface area (Å²) in [6, 6.07) is 13.8. The molecule has 1 aliphatic rings. The first-order chi connectivity index (χ1) is 12.5. The summed E-state index contributed by atoms with van der Waals surface area (Å²) in [6.45, 7) is 5.27. The molecule has 0 atom stereocenters. The summed E-state index contributed by atoms with van der Waals surface area (Å²) in [5.74, 6) is 0. The molecule has 0 aliphatic carbocycles. The van der Waals surface area contributed by atoms with E-state index in [0.717, 1.165) is 16.1 Å². The van der Waals surface area contributed by atoms with Crippen LogP contribution in [0.3, 0.4) is 0 Å². The topological polar surface area (TPSA) is 37.6 Å². The quantitative estimate of drug-likeness (QED) is 0.682. The van der Waals surface area contributed by atoms with Crippen LogP contribution in [0.25, 0.3) is 6.08 Å². The van der Waals surface area contributed by atoms with E-state index in [9.17, 15) is 4.79 Å². The number of aryl methyl sites for hydroxylation is 2. The number of fused-ring (bicyclic) bond motifs is 1. The first-order valence-corrected chi connectivity index (χ1v) is 9.54. The van der Waals surface area contributed by atoms with Gasteiger partial charge < -0.3 is 4.90 Å². The number of aromatic nitrogens is 1. The summed E-state index contributed by atoms with van der Waals surface area (Å²) in [7, 11) is 0. The van der Waals surface area contributed by atoms with E-state index in [1.165, 1.54) is 22.5 Å². The highest BCUT2D eigenvalue weighted by Crippen LogP contribution is 2.19. The van der Waals surface area contributed by atoms with E-state index in [4.69, 9.17) is 11.6 Å². The van der Waals surface area contributed by atoms with E-state index >= 15 is 0 Å². The van der Waals surface area contributed by atoms with Crippen molar-refractivity contribution in [3.05, 3.63) is 83.9 Å². The molecule has 0 radical (unpaired) electrons. The molecule has 0 unspecified atom stereocenters. The molecule has 3 aromatic rings. The number of anilines is 1. The molecule has 0 bridgehead atoms. The van der Waals surface area contributed by atoms with Gasteiger partial charge in [0.15, 0.2) is 4.80 Å². The average molecular weight is 384 g/mol. The zero-order valence-corrected chi connectivity index (χ0v) is 16.1. The molecule has 0 fully saturated rings. The zero-order chi connectivity index (χ0) is 18.3. The number of rotatable bonds is 2. The van der Waals surface area contributed by atoms with Crippen LogP contribution in [0.2, 0.25) is 5.02 Å². The lowest BCUT2D eigenvalue weighted by Gasteiger charge is -2.26. The first-order valence-electron chi connectivity index (χ1n) is 8.35. The van der Waals surface area contributed by atoms with Gasteiger partial charge in [-0.25, -0.2) is 4.99 Å². The smallest absolute Gasteiger partial charge is 0.271 e. The van der Waals surface area contributed by atoms with E-state index in [2.05, 4.69) is 41.9 Å². The number of halogens is 1. The highest BCUT2D eigenvalue weighted by Gasteiger charge is 2.16. The number of thiazole rings is 1. The third-order valence-electron chi connectivity index (χ3n) is 4.60. The molecule has 1 aliphatic heterocycles. The molecule has 2 aromatic carbocycles. The minimum atomic E-state index is -0.00256. The van der Waals surface area contributed by atoms with Crippen LogP contribution in [-0.4, -0.2) is 11.2 Å². The van der Waals surface area contributed by atoms with Crippen LogP contribution >= 0.6 is 22.9 Å². The van der Waals surface area contributed by atoms with Crippen LogP contribution in [0.1, 0.15) is 16.7 Å². The maximum atomic E-state index is 12.8. The lowest BCUT2D eigenvalue weighted by molar-refractivity contribution is 0.569. The second kappa shape index (κ2) is 6.74. The van der Waals surface area contributed by atoms with E-state index in [0.29, 0.717) is 22.9 Å². The average Bonchev–Trinajstić information content (AvgIpc) is 2.95. The van der Waals surface area contributed by atoms with Gasteiger partial charge in [-0.15, -0.1) is 0 Å². The SMILES string of the molecule is Cc1ccc(N2CN=c3sc(=Cc4ccc(Cl)cc4)c(=O)n3C2)cc1C. The monoisotopic (exact) mass is 383 g/mol. The van der Waals surface area contributed by atoms with Gasteiger partial charge in [-0.2, -0.15) is 0 Å². The first kappa shape index (κ1) is 17.1. The largest absolute Gasteiger partial charge is 0.334 e. The summed E-state index contributed by atoms with van der Waals surface area (Å²) < 4.78 is 2.43. The molecule has 0 spiro atoms. The Morgan fingerprint density at radius 3 is 2.62 bits per heavy atom. The standard InChI is InChI=1S/C20H18ClN3OS/c1-13-3-8-17(9-14(13)2)23-11-22-20-24(12-23)19(25)18(26-20)10-15-4-6-16(21)7-5-15/h3-10H,11-12H2,1-2H3. The van der Waals surface area contributed by atoms with E-state index in [1.807, 2.05) is 30.3 Å². The third kappa shape index (κ3) is 3.20. The Balaban J connectivity index is 1.70. The molecule has 4 rings (SSSR count). The van der Waals surface area contributed by atoms with Crippen LogP contribution in [0, 0.1) is 13.8 Å². The molecule has 2 heterocycles. The van der Waals surface area contributed by atoms with Gasteiger partial charge in [0.1, 0.15) is 13.3 Å². The molecule has 4 nitrogen and oxygen atoms in total. The van der Waals surface area contributed by atoms with Gasteiger partial charge in [-0.3, -0.25) is 9.36 Å².